The van der Waals surface area contributed by atoms with E-state index < -0.39 is 22.0 Å². The van der Waals surface area contributed by atoms with E-state index in [-0.39, 0.29) is 10.5 Å². The van der Waals surface area contributed by atoms with Crippen molar-refractivity contribution in [3.63, 3.8) is 0 Å². The van der Waals surface area contributed by atoms with Crippen LogP contribution in [0.15, 0.2) is 53.4 Å². The normalized spacial score (nSPS) is 12.7. The van der Waals surface area contributed by atoms with Crippen LogP contribution in [-0.2, 0) is 10.0 Å². The average Bonchev–Trinajstić information content (AvgIpc) is 2.54. The van der Waals surface area contributed by atoms with Gasteiger partial charge in [0.15, 0.2) is 0 Å². The summed E-state index contributed by atoms with van der Waals surface area (Å²) in [4.78, 5) is 11.5. The quantitative estimate of drug-likeness (QED) is 0.577. The van der Waals surface area contributed by atoms with Gasteiger partial charge in [0.1, 0.15) is 0 Å². The topological polar surface area (TPSA) is 95.5 Å². The van der Waals surface area contributed by atoms with Crippen LogP contribution in [-0.4, -0.2) is 19.5 Å². The van der Waals surface area contributed by atoms with E-state index in [1.165, 1.54) is 12.1 Å². The molecule has 0 saturated heterocycles. The van der Waals surface area contributed by atoms with Crippen molar-refractivity contribution in [3.05, 3.63) is 65.2 Å². The van der Waals surface area contributed by atoms with Crippen molar-refractivity contribution in [2.45, 2.75) is 24.8 Å². The van der Waals surface area contributed by atoms with Crippen molar-refractivity contribution >= 4 is 15.9 Å². The molecule has 0 saturated carbocycles. The van der Waals surface area contributed by atoms with Crippen molar-refractivity contribution in [3.8, 4) is 0 Å². The molecule has 1 unspecified atom stereocenters. The van der Waals surface area contributed by atoms with Crippen LogP contribution in [0.4, 0.5) is 0 Å². The molecule has 0 bridgehead atoms. The molecule has 0 aliphatic rings. The lowest BCUT2D eigenvalue weighted by molar-refractivity contribution is 0.0706. The molecule has 0 radical (unpaired) electrons. The number of hydrogen-bond acceptors (Lipinski definition) is 4. The monoisotopic (exact) mass is 334 g/mol. The fraction of sp³-hybridized carbons (Fsp3) is 0.188. The van der Waals surface area contributed by atoms with Crippen LogP contribution >= 0.6 is 0 Å². The summed E-state index contributed by atoms with van der Waals surface area (Å²) in [6, 6.07) is 12.4. The maximum Gasteiger partial charge on any atom is 0.274 e. The molecular weight excluding hydrogens is 316 g/mol. The van der Waals surface area contributed by atoms with Gasteiger partial charge >= 0.3 is 0 Å². The second kappa shape index (κ2) is 6.91. The Bertz CT molecular complexity index is 784. The predicted octanol–water partition coefficient (Wildman–Crippen LogP) is 2.15. The molecule has 0 aliphatic carbocycles. The number of hydrogen-bond donors (Lipinski definition) is 3. The molecule has 122 valence electrons. The summed E-state index contributed by atoms with van der Waals surface area (Å²) in [6.07, 6.45) is 0. The second-order valence-corrected chi connectivity index (χ2v) is 6.93. The zero-order valence-electron chi connectivity index (χ0n) is 12.8. The highest BCUT2D eigenvalue weighted by Gasteiger charge is 2.18. The van der Waals surface area contributed by atoms with E-state index in [1.54, 1.807) is 48.8 Å². The van der Waals surface area contributed by atoms with Gasteiger partial charge in [-0.15, -0.1) is 0 Å². The molecule has 0 spiro atoms. The zero-order chi connectivity index (χ0) is 17.0. The number of amides is 1. The maximum atomic E-state index is 12.3. The van der Waals surface area contributed by atoms with Gasteiger partial charge in [0.25, 0.3) is 5.91 Å². The third-order valence-electron chi connectivity index (χ3n) is 3.44. The minimum absolute atomic E-state index is 0.200. The molecule has 0 heterocycles. The Morgan fingerprint density at radius 1 is 1.04 bits per heavy atom. The Morgan fingerprint density at radius 2 is 1.61 bits per heavy atom. The van der Waals surface area contributed by atoms with Gasteiger partial charge in [0.2, 0.25) is 10.0 Å². The average molecular weight is 334 g/mol. The Balaban J connectivity index is 2.16. The molecule has 7 heteroatoms. The fourth-order valence-corrected chi connectivity index (χ4v) is 3.31. The number of rotatable bonds is 5. The molecule has 2 aromatic rings. The summed E-state index contributed by atoms with van der Waals surface area (Å²) >= 11 is 0. The number of nitrogens with one attached hydrogen (secondary N) is 2. The van der Waals surface area contributed by atoms with Gasteiger partial charge < -0.3 is 0 Å². The van der Waals surface area contributed by atoms with Crippen molar-refractivity contribution in [1.82, 2.24) is 10.2 Å². The molecule has 1 amide bonds. The first kappa shape index (κ1) is 17.1. The molecule has 23 heavy (non-hydrogen) atoms. The van der Waals surface area contributed by atoms with E-state index in [4.69, 9.17) is 5.21 Å². The van der Waals surface area contributed by atoms with E-state index in [1.807, 2.05) is 6.92 Å². The summed E-state index contributed by atoms with van der Waals surface area (Å²) in [5.41, 5.74) is 3.51. The number of carbonyl (C=O) groups is 1. The molecule has 3 N–H and O–H groups in total. The largest absolute Gasteiger partial charge is 0.288 e. The van der Waals surface area contributed by atoms with Gasteiger partial charge in [-0.05, 0) is 43.7 Å². The van der Waals surface area contributed by atoms with Gasteiger partial charge in [-0.1, -0.05) is 29.8 Å². The van der Waals surface area contributed by atoms with Crippen LogP contribution in [0.1, 0.15) is 34.5 Å². The fourth-order valence-electron chi connectivity index (χ4n) is 2.07. The van der Waals surface area contributed by atoms with Gasteiger partial charge in [-0.2, -0.15) is 0 Å². The molecule has 0 aromatic heterocycles. The number of sulfonamides is 1. The molecule has 6 nitrogen and oxygen atoms in total. The summed E-state index contributed by atoms with van der Waals surface area (Å²) in [7, 11) is -3.62. The SMILES string of the molecule is Cc1ccc(S(=O)(=O)NC(C)c2ccc(C(=O)NO)cc2)cc1. The summed E-state index contributed by atoms with van der Waals surface area (Å²) in [6.45, 7) is 3.60. The second-order valence-electron chi connectivity index (χ2n) is 5.22. The molecular formula is C16H18N2O4S. The van der Waals surface area contributed by atoms with E-state index in [0.717, 1.165) is 5.56 Å². The highest BCUT2D eigenvalue weighted by Crippen LogP contribution is 2.18. The minimum Gasteiger partial charge on any atom is -0.288 e. The van der Waals surface area contributed by atoms with Crippen molar-refractivity contribution < 1.29 is 18.4 Å². The van der Waals surface area contributed by atoms with E-state index in [2.05, 4.69) is 4.72 Å². The van der Waals surface area contributed by atoms with Crippen LogP contribution in [0.3, 0.4) is 0 Å². The number of carbonyl (C=O) groups excluding carboxylic acids is 1. The van der Waals surface area contributed by atoms with Crippen molar-refractivity contribution in [2.75, 3.05) is 0 Å². The van der Waals surface area contributed by atoms with Gasteiger partial charge in [0.05, 0.1) is 4.90 Å². The zero-order valence-corrected chi connectivity index (χ0v) is 13.6. The van der Waals surface area contributed by atoms with Gasteiger partial charge in [0, 0.05) is 11.6 Å². The summed E-state index contributed by atoms with van der Waals surface area (Å²) in [5.74, 6) is -0.621. The third kappa shape index (κ3) is 4.16. The maximum absolute atomic E-state index is 12.3. The first-order valence-corrected chi connectivity index (χ1v) is 8.45. The lowest BCUT2D eigenvalue weighted by Crippen LogP contribution is -2.27. The van der Waals surface area contributed by atoms with E-state index in [0.29, 0.717) is 5.56 Å². The minimum atomic E-state index is -3.62. The summed E-state index contributed by atoms with van der Waals surface area (Å²) < 4.78 is 27.3. The molecule has 2 aromatic carbocycles. The van der Waals surface area contributed by atoms with Crippen molar-refractivity contribution in [2.24, 2.45) is 0 Å². The van der Waals surface area contributed by atoms with Crippen molar-refractivity contribution in [1.29, 1.82) is 0 Å². The van der Waals surface area contributed by atoms with E-state index in [9.17, 15) is 13.2 Å². The third-order valence-corrected chi connectivity index (χ3v) is 4.99. The number of hydroxylamine groups is 1. The van der Waals surface area contributed by atoms with E-state index >= 15 is 0 Å². The van der Waals surface area contributed by atoms with Crippen LogP contribution in [0.5, 0.6) is 0 Å². The highest BCUT2D eigenvalue weighted by molar-refractivity contribution is 7.89. The van der Waals surface area contributed by atoms with Crippen LogP contribution in [0.25, 0.3) is 0 Å². The molecule has 2 rings (SSSR count). The molecule has 1 atom stereocenters. The van der Waals surface area contributed by atoms with Gasteiger partial charge in [-0.3, -0.25) is 10.0 Å². The standard InChI is InChI=1S/C16H18N2O4S/c1-11-3-9-15(10-4-11)23(21,22)18-12(2)13-5-7-14(8-6-13)16(19)17-20/h3-10,12,18,20H,1-2H3,(H,17,19). The first-order valence-electron chi connectivity index (χ1n) is 6.97. The van der Waals surface area contributed by atoms with Crippen LogP contribution < -0.4 is 10.2 Å². The highest BCUT2D eigenvalue weighted by atomic mass is 32.2. The number of aryl methyl sites for hydroxylation is 1. The summed E-state index contributed by atoms with van der Waals surface area (Å²) in [5, 5.41) is 8.57. The van der Waals surface area contributed by atoms with Gasteiger partial charge in [-0.25, -0.2) is 18.6 Å². The smallest absolute Gasteiger partial charge is 0.274 e. The number of benzene rings is 2. The molecule has 0 fully saturated rings. The predicted molar refractivity (Wildman–Crippen MR) is 85.6 cm³/mol. The van der Waals surface area contributed by atoms with Crippen LogP contribution in [0, 0.1) is 6.92 Å². The first-order chi connectivity index (χ1) is 10.8. The Morgan fingerprint density at radius 3 is 2.13 bits per heavy atom. The molecule has 0 aliphatic heterocycles. The Hall–Kier alpha value is -2.22. The Labute approximate surface area is 135 Å². The lowest BCUT2D eigenvalue weighted by Gasteiger charge is -2.15. The Kier molecular flexibility index (Phi) is 5.15. The van der Waals surface area contributed by atoms with Crippen LogP contribution in [0.2, 0.25) is 0 Å². The lowest BCUT2D eigenvalue weighted by atomic mass is 10.1.